The summed E-state index contributed by atoms with van der Waals surface area (Å²) in [6.45, 7) is 4.18. The van der Waals surface area contributed by atoms with E-state index in [0.717, 1.165) is 43.4 Å². The number of pyridine rings is 1. The van der Waals surface area contributed by atoms with Crippen LogP contribution in [-0.4, -0.2) is 31.6 Å². The van der Waals surface area contributed by atoms with Crippen LogP contribution in [0, 0.1) is 12.7 Å². The number of aryl methyl sites for hydroxylation is 1. The van der Waals surface area contributed by atoms with E-state index in [0.29, 0.717) is 56.0 Å². The van der Waals surface area contributed by atoms with Gasteiger partial charge in [0.1, 0.15) is 5.82 Å². The van der Waals surface area contributed by atoms with Crippen LogP contribution in [0.4, 0.5) is 10.1 Å². The third kappa shape index (κ3) is 5.36. The number of hydrogen-bond donors (Lipinski definition) is 3. The van der Waals surface area contributed by atoms with Gasteiger partial charge in [0.15, 0.2) is 0 Å². The molecule has 1 heterocycles. The lowest BCUT2D eigenvalue weighted by atomic mass is 9.88. The van der Waals surface area contributed by atoms with Crippen molar-refractivity contribution < 1.29 is 13.9 Å². The van der Waals surface area contributed by atoms with Crippen molar-refractivity contribution in [2.45, 2.75) is 51.9 Å². The summed E-state index contributed by atoms with van der Waals surface area (Å²) in [4.78, 5) is 18.2. The Morgan fingerprint density at radius 1 is 1.22 bits per heavy atom. The molecule has 4 N–H and O–H groups in total. The average molecular weight is 575 g/mol. The van der Waals surface area contributed by atoms with Crippen LogP contribution >= 0.6 is 11.6 Å². The average Bonchev–Trinajstić information content (AvgIpc) is 3.32. The Bertz CT molecular complexity index is 1570. The van der Waals surface area contributed by atoms with Crippen molar-refractivity contribution in [1.82, 2.24) is 10.3 Å². The maximum absolute atomic E-state index is 15.5. The lowest BCUT2D eigenvalue weighted by molar-refractivity contribution is -0.112. The van der Waals surface area contributed by atoms with Crippen LogP contribution < -0.4 is 21.1 Å². The monoisotopic (exact) mass is 574 g/mol. The van der Waals surface area contributed by atoms with Crippen molar-refractivity contribution in [2.24, 2.45) is 5.73 Å². The number of carbonyl (C=O) groups is 1. The molecule has 1 fully saturated rings. The largest absolute Gasteiger partial charge is 0.481 e. The molecule has 0 saturated heterocycles. The van der Waals surface area contributed by atoms with Gasteiger partial charge in [0.05, 0.1) is 23.4 Å². The van der Waals surface area contributed by atoms with E-state index in [9.17, 15) is 4.79 Å². The molecule has 2 aliphatic carbocycles. The molecule has 1 unspecified atom stereocenters. The first-order chi connectivity index (χ1) is 19.8. The number of hydrogen-bond acceptors (Lipinski definition) is 5. The van der Waals surface area contributed by atoms with Crippen LogP contribution in [0.5, 0.6) is 5.88 Å². The minimum atomic E-state index is -0.432. The number of fused-ring (bicyclic) bond motifs is 1. The summed E-state index contributed by atoms with van der Waals surface area (Å²) < 4.78 is 21.1. The fourth-order valence-electron chi connectivity index (χ4n) is 5.91. The van der Waals surface area contributed by atoms with Gasteiger partial charge in [0, 0.05) is 47.2 Å². The molecule has 41 heavy (non-hydrogen) atoms. The number of nitrogens with two attached hydrogens (primary N) is 1. The summed E-state index contributed by atoms with van der Waals surface area (Å²) in [5, 5.41) is 6.55. The molecule has 2 aromatic carbocycles. The first-order valence-corrected chi connectivity index (χ1v) is 14.4. The number of benzene rings is 2. The predicted octanol–water partition coefficient (Wildman–Crippen LogP) is 7.06. The Morgan fingerprint density at radius 2 is 1.98 bits per heavy atom. The molecule has 0 radical (unpaired) electrons. The Balaban J connectivity index is 1.53. The highest BCUT2D eigenvalue weighted by Gasteiger charge is 2.27. The van der Waals surface area contributed by atoms with Crippen LogP contribution in [0.15, 0.2) is 59.3 Å². The Morgan fingerprint density at radius 3 is 2.63 bits per heavy atom. The summed E-state index contributed by atoms with van der Waals surface area (Å²) in [6.07, 6.45) is 6.70. The zero-order valence-electron chi connectivity index (χ0n) is 24.0. The van der Waals surface area contributed by atoms with E-state index in [-0.39, 0.29) is 12.5 Å². The molecule has 8 heteroatoms. The van der Waals surface area contributed by atoms with Gasteiger partial charge >= 0.3 is 0 Å². The zero-order chi connectivity index (χ0) is 29.3. The Labute approximate surface area is 245 Å². The number of nitrogens with zero attached hydrogens (tertiary/aromatic N) is 1. The molecule has 0 bridgehead atoms. The number of likely N-dealkylation sites (N-methyl/N-ethyl adjacent to an activating group) is 1. The molecule has 5 rings (SSSR count). The van der Waals surface area contributed by atoms with Crippen molar-refractivity contribution in [2.75, 3.05) is 26.0 Å². The van der Waals surface area contributed by atoms with Crippen LogP contribution in [0.2, 0.25) is 5.02 Å². The number of ether oxygens (including phenoxy) is 1. The molecule has 1 amide bonds. The topological polar surface area (TPSA) is 89.3 Å². The van der Waals surface area contributed by atoms with Crippen LogP contribution in [-0.2, 0) is 11.2 Å². The van der Waals surface area contributed by atoms with E-state index in [1.165, 1.54) is 17.2 Å². The molecule has 2 aliphatic rings. The maximum atomic E-state index is 15.5. The van der Waals surface area contributed by atoms with E-state index in [4.69, 9.17) is 27.1 Å². The summed E-state index contributed by atoms with van der Waals surface area (Å²) in [5.41, 5.74) is 13.9. The minimum Gasteiger partial charge on any atom is -0.481 e. The smallest absolute Gasteiger partial charge is 0.257 e. The second kappa shape index (κ2) is 12.0. The lowest BCUT2D eigenvalue weighted by Gasteiger charge is -2.24. The van der Waals surface area contributed by atoms with Crippen LogP contribution in [0.3, 0.4) is 0 Å². The summed E-state index contributed by atoms with van der Waals surface area (Å²) in [6, 6.07) is 10.5. The molecular weight excluding hydrogens is 539 g/mol. The molecule has 6 nitrogen and oxygen atoms in total. The standard InChI is InChI=1S/C33H36ClFN4O2/c1-18-11-12-21-17-27(39-33(41-4)28(18)21)22-9-6-10-23(30(22)34)29-19(2)26(14-13-25(29)35)38-32(40)24(15-16-36)31(37-3)20-7-5-8-20/h6,9-10,13-15,17-18,37H,5,7-8,11-12,16,36H2,1-4H3,(H,38,40)/b24-15+. The highest BCUT2D eigenvalue weighted by Crippen LogP contribution is 2.44. The Hall–Kier alpha value is -3.68. The van der Waals surface area contributed by atoms with Gasteiger partial charge in [-0.05, 0) is 79.8 Å². The molecule has 1 aromatic heterocycles. The molecule has 1 atom stereocenters. The number of carbonyl (C=O) groups excluding carboxylic acids is 1. The lowest BCUT2D eigenvalue weighted by Crippen LogP contribution is -2.25. The van der Waals surface area contributed by atoms with E-state index < -0.39 is 5.82 Å². The van der Waals surface area contributed by atoms with Gasteiger partial charge in [-0.2, -0.15) is 0 Å². The van der Waals surface area contributed by atoms with Crippen LogP contribution in [0.1, 0.15) is 55.2 Å². The number of amides is 1. The quantitative estimate of drug-likeness (QED) is 0.251. The molecule has 3 aromatic rings. The van der Waals surface area contributed by atoms with E-state index in [1.807, 2.05) is 12.1 Å². The van der Waals surface area contributed by atoms with Crippen molar-refractivity contribution >= 4 is 23.2 Å². The van der Waals surface area contributed by atoms with Crippen molar-refractivity contribution in [3.8, 4) is 28.3 Å². The molecular formula is C33H36ClFN4O2. The normalized spacial score (nSPS) is 16.2. The third-order valence-corrected chi connectivity index (χ3v) is 8.65. The van der Waals surface area contributed by atoms with Gasteiger partial charge in [-0.25, -0.2) is 9.37 Å². The fourth-order valence-corrected chi connectivity index (χ4v) is 6.23. The predicted molar refractivity (Wildman–Crippen MR) is 164 cm³/mol. The number of nitrogens with one attached hydrogen (secondary N) is 2. The van der Waals surface area contributed by atoms with Gasteiger partial charge < -0.3 is 21.1 Å². The molecule has 1 saturated carbocycles. The summed E-state index contributed by atoms with van der Waals surface area (Å²) in [7, 11) is 3.44. The Kier molecular flexibility index (Phi) is 8.47. The number of rotatable bonds is 8. The number of methoxy groups -OCH3 is 1. The first kappa shape index (κ1) is 28.8. The van der Waals surface area contributed by atoms with Crippen LogP contribution in [0.25, 0.3) is 22.4 Å². The zero-order valence-corrected chi connectivity index (χ0v) is 24.7. The minimum absolute atomic E-state index is 0.220. The highest BCUT2D eigenvalue weighted by atomic mass is 35.5. The van der Waals surface area contributed by atoms with Gasteiger partial charge in [-0.3, -0.25) is 4.79 Å². The maximum Gasteiger partial charge on any atom is 0.257 e. The number of anilines is 1. The van der Waals surface area contributed by atoms with Gasteiger partial charge in [-0.1, -0.05) is 42.8 Å². The number of halogens is 2. The molecule has 214 valence electrons. The molecule has 0 aliphatic heterocycles. The van der Waals surface area contributed by atoms with E-state index in [2.05, 4.69) is 23.6 Å². The number of aromatic nitrogens is 1. The fraction of sp³-hybridized carbons (Fsp3) is 0.333. The second-order valence-corrected chi connectivity index (χ2v) is 11.1. The highest BCUT2D eigenvalue weighted by molar-refractivity contribution is 6.36. The molecule has 0 spiro atoms. The van der Waals surface area contributed by atoms with E-state index >= 15 is 4.39 Å². The van der Waals surface area contributed by atoms with Crippen molar-refractivity contribution in [3.63, 3.8) is 0 Å². The van der Waals surface area contributed by atoms with Gasteiger partial charge in [0.2, 0.25) is 5.88 Å². The second-order valence-electron chi connectivity index (χ2n) is 10.7. The summed E-state index contributed by atoms with van der Waals surface area (Å²) >= 11 is 6.99. The van der Waals surface area contributed by atoms with Gasteiger partial charge in [-0.15, -0.1) is 0 Å². The third-order valence-electron chi connectivity index (χ3n) is 8.25. The summed E-state index contributed by atoms with van der Waals surface area (Å²) in [5.74, 6) is 0.254. The number of allylic oxidation sites excluding steroid dienone is 1. The van der Waals surface area contributed by atoms with E-state index in [1.54, 1.807) is 39.3 Å². The van der Waals surface area contributed by atoms with Crippen molar-refractivity contribution in [1.29, 1.82) is 0 Å². The van der Waals surface area contributed by atoms with Crippen molar-refractivity contribution in [3.05, 3.63) is 86.8 Å². The van der Waals surface area contributed by atoms with Gasteiger partial charge in [0.25, 0.3) is 5.91 Å². The first-order valence-electron chi connectivity index (χ1n) is 14.1. The SMILES string of the molecule is CNC(=C1CCC1)/C(=C\CN)C(=O)Nc1ccc(F)c(-c2cccc(-c3cc4c(c(OC)n3)C(C)CC4)c2Cl)c1C.